The lowest BCUT2D eigenvalue weighted by atomic mass is 9.82. The number of carbonyl (C=O) groups is 1. The normalized spacial score (nSPS) is 27.0. The average molecular weight is 288 g/mol. The van der Waals surface area contributed by atoms with E-state index in [1.54, 1.807) is 0 Å². The van der Waals surface area contributed by atoms with Crippen LogP contribution in [0.3, 0.4) is 0 Å². The van der Waals surface area contributed by atoms with Gasteiger partial charge in [-0.25, -0.2) is 0 Å². The maximum atomic E-state index is 12.9. The summed E-state index contributed by atoms with van der Waals surface area (Å²) in [6, 6.07) is 8.32. The van der Waals surface area contributed by atoms with Crippen molar-refractivity contribution in [3.05, 3.63) is 35.4 Å². The smallest absolute Gasteiger partial charge is 0.230 e. The number of amides is 1. The molecule has 1 fully saturated rings. The molecule has 1 aliphatic heterocycles. The third-order valence-corrected chi connectivity index (χ3v) is 4.66. The van der Waals surface area contributed by atoms with Gasteiger partial charge in [0.1, 0.15) is 0 Å². The topological polar surface area (TPSA) is 55.6 Å². The predicted molar refractivity (Wildman–Crippen MR) is 82.1 cm³/mol. The highest BCUT2D eigenvalue weighted by Crippen LogP contribution is 2.33. The first-order valence-corrected chi connectivity index (χ1v) is 7.90. The molecular weight excluding hydrogens is 264 g/mol. The zero-order valence-electron chi connectivity index (χ0n) is 12.6. The standard InChI is InChI=1S/C17H24N2O2/c1-12(18)16-11-19(9-10-21-16)17(20)15-8-4-6-13-5-2-3-7-14(13)15/h2-3,5,7,12,15-16H,4,6,8-11,18H2,1H3. The minimum Gasteiger partial charge on any atom is -0.373 e. The van der Waals surface area contributed by atoms with Crippen molar-refractivity contribution in [3.63, 3.8) is 0 Å². The Labute approximate surface area is 126 Å². The van der Waals surface area contributed by atoms with Gasteiger partial charge in [-0.2, -0.15) is 0 Å². The number of fused-ring (bicyclic) bond motifs is 1. The Morgan fingerprint density at radius 1 is 1.43 bits per heavy atom. The van der Waals surface area contributed by atoms with E-state index in [1.807, 2.05) is 17.9 Å². The van der Waals surface area contributed by atoms with Gasteiger partial charge >= 0.3 is 0 Å². The average Bonchev–Trinajstić information content (AvgIpc) is 2.53. The highest BCUT2D eigenvalue weighted by atomic mass is 16.5. The number of aryl methyl sites for hydroxylation is 1. The Balaban J connectivity index is 1.77. The maximum Gasteiger partial charge on any atom is 0.230 e. The fraction of sp³-hybridized carbons (Fsp3) is 0.588. The number of nitrogens with zero attached hydrogens (tertiary/aromatic N) is 1. The highest BCUT2D eigenvalue weighted by molar-refractivity contribution is 5.84. The van der Waals surface area contributed by atoms with E-state index in [0.29, 0.717) is 19.7 Å². The Morgan fingerprint density at radius 3 is 3.05 bits per heavy atom. The van der Waals surface area contributed by atoms with Gasteiger partial charge in [0.15, 0.2) is 0 Å². The lowest BCUT2D eigenvalue weighted by molar-refractivity contribution is -0.141. The number of nitrogens with two attached hydrogens (primary N) is 1. The zero-order chi connectivity index (χ0) is 14.8. The van der Waals surface area contributed by atoms with Crippen molar-refractivity contribution >= 4 is 5.91 Å². The first-order valence-electron chi connectivity index (χ1n) is 7.90. The summed E-state index contributed by atoms with van der Waals surface area (Å²) in [6.07, 6.45) is 3.09. The monoisotopic (exact) mass is 288 g/mol. The zero-order valence-corrected chi connectivity index (χ0v) is 12.6. The molecule has 3 atom stereocenters. The van der Waals surface area contributed by atoms with E-state index in [0.717, 1.165) is 19.3 Å². The van der Waals surface area contributed by atoms with Crippen LogP contribution in [0.1, 0.15) is 36.8 Å². The summed E-state index contributed by atoms with van der Waals surface area (Å²) in [5, 5.41) is 0. The minimum absolute atomic E-state index is 0.0155. The Hall–Kier alpha value is -1.39. The summed E-state index contributed by atoms with van der Waals surface area (Å²) in [5.41, 5.74) is 8.47. The van der Waals surface area contributed by atoms with E-state index in [9.17, 15) is 4.79 Å². The molecule has 0 saturated carbocycles. The van der Waals surface area contributed by atoms with Crippen LogP contribution < -0.4 is 5.73 Å². The van der Waals surface area contributed by atoms with Crippen LogP contribution in [0.2, 0.25) is 0 Å². The van der Waals surface area contributed by atoms with Crippen LogP contribution in [0.4, 0.5) is 0 Å². The van der Waals surface area contributed by atoms with E-state index in [4.69, 9.17) is 10.5 Å². The molecule has 3 unspecified atom stereocenters. The molecule has 0 spiro atoms. The third-order valence-electron chi connectivity index (χ3n) is 4.66. The molecule has 21 heavy (non-hydrogen) atoms. The van der Waals surface area contributed by atoms with Gasteiger partial charge in [0.05, 0.1) is 18.6 Å². The number of hydrogen-bond donors (Lipinski definition) is 1. The SMILES string of the molecule is CC(N)C1CN(C(=O)C2CCCc3ccccc32)CCO1. The Bertz CT molecular complexity index is 515. The summed E-state index contributed by atoms with van der Waals surface area (Å²) in [7, 11) is 0. The molecule has 1 aromatic rings. The summed E-state index contributed by atoms with van der Waals surface area (Å²) < 4.78 is 5.66. The van der Waals surface area contributed by atoms with E-state index in [2.05, 4.69) is 18.2 Å². The molecule has 2 aliphatic rings. The number of ether oxygens (including phenoxy) is 1. The Morgan fingerprint density at radius 2 is 2.24 bits per heavy atom. The van der Waals surface area contributed by atoms with E-state index in [-0.39, 0.29) is 24.0 Å². The van der Waals surface area contributed by atoms with Crippen molar-refractivity contribution in [2.75, 3.05) is 19.7 Å². The van der Waals surface area contributed by atoms with E-state index < -0.39 is 0 Å². The molecule has 0 aromatic heterocycles. The fourth-order valence-electron chi connectivity index (χ4n) is 3.42. The maximum absolute atomic E-state index is 12.9. The summed E-state index contributed by atoms with van der Waals surface area (Å²) in [6.45, 7) is 3.83. The number of carbonyl (C=O) groups excluding carboxylic acids is 1. The number of hydrogen-bond acceptors (Lipinski definition) is 3. The van der Waals surface area contributed by atoms with Crippen molar-refractivity contribution in [3.8, 4) is 0 Å². The summed E-state index contributed by atoms with van der Waals surface area (Å²) in [4.78, 5) is 14.9. The van der Waals surface area contributed by atoms with Crippen molar-refractivity contribution < 1.29 is 9.53 Å². The largest absolute Gasteiger partial charge is 0.373 e. The van der Waals surface area contributed by atoms with Crippen molar-refractivity contribution in [1.82, 2.24) is 4.90 Å². The molecule has 4 heteroatoms. The van der Waals surface area contributed by atoms with Gasteiger partial charge in [0, 0.05) is 19.1 Å². The van der Waals surface area contributed by atoms with Crippen molar-refractivity contribution in [2.24, 2.45) is 5.73 Å². The van der Waals surface area contributed by atoms with Crippen LogP contribution >= 0.6 is 0 Å². The van der Waals surface area contributed by atoms with Crippen LogP contribution in [0.25, 0.3) is 0 Å². The molecule has 2 N–H and O–H groups in total. The third kappa shape index (κ3) is 2.97. The first-order chi connectivity index (χ1) is 10.2. The van der Waals surface area contributed by atoms with Crippen LogP contribution in [0.15, 0.2) is 24.3 Å². The second-order valence-electron chi connectivity index (χ2n) is 6.20. The highest BCUT2D eigenvalue weighted by Gasteiger charge is 2.33. The molecule has 0 radical (unpaired) electrons. The predicted octanol–water partition coefficient (Wildman–Crippen LogP) is 1.68. The van der Waals surface area contributed by atoms with Crippen LogP contribution in [-0.4, -0.2) is 42.6 Å². The first kappa shape index (κ1) is 14.5. The number of rotatable bonds is 2. The number of morpholine rings is 1. The number of benzene rings is 1. The van der Waals surface area contributed by atoms with Gasteiger partial charge in [-0.05, 0) is 37.3 Å². The van der Waals surface area contributed by atoms with Gasteiger partial charge in [0.2, 0.25) is 5.91 Å². The lowest BCUT2D eigenvalue weighted by Gasteiger charge is -2.37. The van der Waals surface area contributed by atoms with Crippen LogP contribution in [0, 0.1) is 0 Å². The van der Waals surface area contributed by atoms with Crippen LogP contribution in [0.5, 0.6) is 0 Å². The lowest BCUT2D eigenvalue weighted by Crippen LogP contribution is -2.52. The van der Waals surface area contributed by atoms with Crippen molar-refractivity contribution in [1.29, 1.82) is 0 Å². The molecule has 0 bridgehead atoms. The molecule has 1 amide bonds. The van der Waals surface area contributed by atoms with Crippen LogP contribution in [-0.2, 0) is 16.0 Å². The summed E-state index contributed by atoms with van der Waals surface area (Å²) in [5.74, 6) is 0.262. The molecule has 1 saturated heterocycles. The minimum atomic E-state index is -0.0424. The summed E-state index contributed by atoms with van der Waals surface area (Å²) >= 11 is 0. The second kappa shape index (κ2) is 6.16. The van der Waals surface area contributed by atoms with Gasteiger partial charge in [-0.1, -0.05) is 24.3 Å². The molecular formula is C17H24N2O2. The van der Waals surface area contributed by atoms with Gasteiger partial charge in [-0.15, -0.1) is 0 Å². The van der Waals surface area contributed by atoms with Gasteiger partial charge in [-0.3, -0.25) is 4.79 Å². The molecule has 114 valence electrons. The van der Waals surface area contributed by atoms with E-state index >= 15 is 0 Å². The Kier molecular flexibility index (Phi) is 4.27. The van der Waals surface area contributed by atoms with E-state index in [1.165, 1.54) is 11.1 Å². The molecule has 3 rings (SSSR count). The van der Waals surface area contributed by atoms with Crippen molar-refractivity contribution in [2.45, 2.75) is 44.2 Å². The molecule has 1 aliphatic carbocycles. The molecule has 1 aromatic carbocycles. The molecule has 4 nitrogen and oxygen atoms in total. The second-order valence-corrected chi connectivity index (χ2v) is 6.20. The van der Waals surface area contributed by atoms with Gasteiger partial charge < -0.3 is 15.4 Å². The fourth-order valence-corrected chi connectivity index (χ4v) is 3.42. The molecule has 1 heterocycles. The quantitative estimate of drug-likeness (QED) is 0.901. The van der Waals surface area contributed by atoms with Gasteiger partial charge in [0.25, 0.3) is 0 Å².